The van der Waals surface area contributed by atoms with Crippen LogP contribution in [0.15, 0.2) is 18.2 Å². The zero-order valence-corrected chi connectivity index (χ0v) is 11.3. The van der Waals surface area contributed by atoms with Crippen LogP contribution < -0.4 is 15.4 Å². The summed E-state index contributed by atoms with van der Waals surface area (Å²) < 4.78 is 5.11. The molecule has 0 bridgehead atoms. The van der Waals surface area contributed by atoms with Crippen molar-refractivity contribution < 1.29 is 9.53 Å². The van der Waals surface area contributed by atoms with Gasteiger partial charge in [-0.15, -0.1) is 0 Å². The van der Waals surface area contributed by atoms with E-state index in [2.05, 4.69) is 17.6 Å². The Morgan fingerprint density at radius 1 is 1.56 bits per heavy atom. The van der Waals surface area contributed by atoms with Gasteiger partial charge in [-0.2, -0.15) is 0 Å². The van der Waals surface area contributed by atoms with E-state index in [1.165, 1.54) is 0 Å². The van der Waals surface area contributed by atoms with Crippen LogP contribution in [0.1, 0.15) is 13.3 Å². The van der Waals surface area contributed by atoms with E-state index < -0.39 is 0 Å². The third-order valence-corrected chi connectivity index (χ3v) is 3.55. The molecule has 0 aliphatic carbocycles. The van der Waals surface area contributed by atoms with Gasteiger partial charge in [-0.3, -0.25) is 4.79 Å². The molecule has 1 aliphatic heterocycles. The molecule has 0 saturated carbocycles. The third kappa shape index (κ3) is 2.76. The fraction of sp³-hybridized carbons (Fsp3) is 0.462. The lowest BCUT2D eigenvalue weighted by atomic mass is 10.0. The average molecular weight is 269 g/mol. The molecule has 0 spiro atoms. The minimum absolute atomic E-state index is 0.00984. The Hall–Kier alpha value is -1.26. The molecule has 98 valence electrons. The molecule has 1 aliphatic rings. The number of nitrogens with one attached hydrogen (secondary N) is 2. The highest BCUT2D eigenvalue weighted by molar-refractivity contribution is 6.32. The SMILES string of the molecule is COc1cc(NC(=O)C2NCCC2C)ccc1Cl. The van der Waals surface area contributed by atoms with Crippen LogP contribution in [0.2, 0.25) is 5.02 Å². The maximum atomic E-state index is 12.1. The standard InChI is InChI=1S/C13H17ClN2O2/c1-8-5-6-15-12(8)13(17)16-9-3-4-10(14)11(7-9)18-2/h3-4,7-8,12,15H,5-6H2,1-2H3,(H,16,17). The number of carbonyl (C=O) groups is 1. The Labute approximate surface area is 112 Å². The van der Waals surface area contributed by atoms with Gasteiger partial charge in [0.1, 0.15) is 5.75 Å². The number of methoxy groups -OCH3 is 1. The first-order valence-electron chi connectivity index (χ1n) is 5.99. The Kier molecular flexibility index (Phi) is 4.09. The Balaban J connectivity index is 2.07. The summed E-state index contributed by atoms with van der Waals surface area (Å²) in [5, 5.41) is 6.60. The molecule has 0 radical (unpaired) electrons. The Bertz CT molecular complexity index is 451. The van der Waals surface area contributed by atoms with Crippen LogP contribution >= 0.6 is 11.6 Å². The second kappa shape index (κ2) is 5.59. The van der Waals surface area contributed by atoms with Crippen LogP contribution in [0.3, 0.4) is 0 Å². The number of halogens is 1. The van der Waals surface area contributed by atoms with E-state index in [1.807, 2.05) is 0 Å². The number of hydrogen-bond donors (Lipinski definition) is 2. The van der Waals surface area contributed by atoms with E-state index in [-0.39, 0.29) is 11.9 Å². The molecule has 5 heteroatoms. The van der Waals surface area contributed by atoms with Crippen molar-refractivity contribution >= 4 is 23.2 Å². The highest BCUT2D eigenvalue weighted by Gasteiger charge is 2.29. The minimum atomic E-state index is -0.119. The maximum Gasteiger partial charge on any atom is 0.241 e. The molecule has 18 heavy (non-hydrogen) atoms. The predicted molar refractivity (Wildman–Crippen MR) is 72.2 cm³/mol. The molecule has 1 aromatic carbocycles. The van der Waals surface area contributed by atoms with Crippen LogP contribution in [0.5, 0.6) is 5.75 Å². The molecule has 1 aromatic rings. The maximum absolute atomic E-state index is 12.1. The first-order chi connectivity index (χ1) is 8.61. The van der Waals surface area contributed by atoms with Crippen molar-refractivity contribution in [3.05, 3.63) is 23.2 Å². The van der Waals surface area contributed by atoms with Gasteiger partial charge in [0.25, 0.3) is 0 Å². The molecule has 1 amide bonds. The van der Waals surface area contributed by atoms with Crippen LogP contribution in [0.4, 0.5) is 5.69 Å². The van der Waals surface area contributed by atoms with E-state index >= 15 is 0 Å². The summed E-state index contributed by atoms with van der Waals surface area (Å²) in [6.45, 7) is 2.97. The molecule has 4 nitrogen and oxygen atoms in total. The summed E-state index contributed by atoms with van der Waals surface area (Å²) in [5.74, 6) is 0.908. The summed E-state index contributed by atoms with van der Waals surface area (Å²) >= 11 is 5.93. The van der Waals surface area contributed by atoms with Gasteiger partial charge in [0, 0.05) is 11.8 Å². The van der Waals surface area contributed by atoms with Gasteiger partial charge < -0.3 is 15.4 Å². The number of rotatable bonds is 3. The van der Waals surface area contributed by atoms with Gasteiger partial charge in [0.2, 0.25) is 5.91 Å². The van der Waals surface area contributed by atoms with E-state index in [0.29, 0.717) is 22.4 Å². The third-order valence-electron chi connectivity index (χ3n) is 3.23. The molecule has 2 N–H and O–H groups in total. The number of ether oxygens (including phenoxy) is 1. The number of carbonyl (C=O) groups excluding carboxylic acids is 1. The van der Waals surface area contributed by atoms with Gasteiger partial charge in [-0.25, -0.2) is 0 Å². The summed E-state index contributed by atoms with van der Waals surface area (Å²) in [7, 11) is 1.55. The molecule has 2 unspecified atom stereocenters. The molecule has 1 fully saturated rings. The van der Waals surface area contributed by atoms with Crippen molar-refractivity contribution in [2.75, 3.05) is 19.0 Å². The van der Waals surface area contributed by atoms with Crippen LogP contribution in [0.25, 0.3) is 0 Å². The first kappa shape index (κ1) is 13.2. The van der Waals surface area contributed by atoms with Crippen molar-refractivity contribution in [1.82, 2.24) is 5.32 Å². The van der Waals surface area contributed by atoms with Crippen molar-refractivity contribution in [2.45, 2.75) is 19.4 Å². The highest BCUT2D eigenvalue weighted by atomic mass is 35.5. The van der Waals surface area contributed by atoms with Crippen LogP contribution in [-0.2, 0) is 4.79 Å². The van der Waals surface area contributed by atoms with E-state index in [0.717, 1.165) is 13.0 Å². The fourth-order valence-corrected chi connectivity index (χ4v) is 2.34. The quantitative estimate of drug-likeness (QED) is 0.884. The Morgan fingerprint density at radius 3 is 2.94 bits per heavy atom. The molecule has 2 atom stereocenters. The van der Waals surface area contributed by atoms with Crippen molar-refractivity contribution in [2.24, 2.45) is 5.92 Å². The van der Waals surface area contributed by atoms with Gasteiger partial charge >= 0.3 is 0 Å². The van der Waals surface area contributed by atoms with E-state index in [4.69, 9.17) is 16.3 Å². The number of hydrogen-bond acceptors (Lipinski definition) is 3. The minimum Gasteiger partial charge on any atom is -0.495 e. The van der Waals surface area contributed by atoms with Gasteiger partial charge in [0.15, 0.2) is 0 Å². The smallest absolute Gasteiger partial charge is 0.241 e. The second-order valence-corrected chi connectivity index (χ2v) is 4.94. The Morgan fingerprint density at radius 2 is 2.33 bits per heavy atom. The predicted octanol–water partition coefficient (Wildman–Crippen LogP) is 2.29. The molecule has 1 saturated heterocycles. The van der Waals surface area contributed by atoms with Crippen molar-refractivity contribution in [3.8, 4) is 5.75 Å². The largest absolute Gasteiger partial charge is 0.495 e. The normalized spacial score (nSPS) is 22.8. The van der Waals surface area contributed by atoms with Crippen molar-refractivity contribution in [3.63, 3.8) is 0 Å². The topological polar surface area (TPSA) is 50.4 Å². The molecule has 1 heterocycles. The van der Waals surface area contributed by atoms with E-state index in [9.17, 15) is 4.79 Å². The molecule has 0 aromatic heterocycles. The fourth-order valence-electron chi connectivity index (χ4n) is 2.14. The summed E-state index contributed by atoms with van der Waals surface area (Å²) in [6, 6.07) is 5.08. The molecular formula is C13H17ClN2O2. The van der Waals surface area contributed by atoms with E-state index in [1.54, 1.807) is 25.3 Å². The average Bonchev–Trinajstić information content (AvgIpc) is 2.78. The first-order valence-corrected chi connectivity index (χ1v) is 6.37. The number of anilines is 1. The zero-order chi connectivity index (χ0) is 13.1. The zero-order valence-electron chi connectivity index (χ0n) is 10.5. The summed E-state index contributed by atoms with van der Waals surface area (Å²) in [4.78, 5) is 12.1. The van der Waals surface area contributed by atoms with Gasteiger partial charge in [0.05, 0.1) is 18.2 Å². The van der Waals surface area contributed by atoms with Crippen LogP contribution in [-0.4, -0.2) is 25.6 Å². The van der Waals surface area contributed by atoms with Gasteiger partial charge in [-0.1, -0.05) is 18.5 Å². The van der Waals surface area contributed by atoms with Gasteiger partial charge in [-0.05, 0) is 31.0 Å². The van der Waals surface area contributed by atoms with Crippen LogP contribution in [0, 0.1) is 5.92 Å². The molecular weight excluding hydrogens is 252 g/mol. The number of amides is 1. The lowest BCUT2D eigenvalue weighted by molar-refractivity contribution is -0.118. The second-order valence-electron chi connectivity index (χ2n) is 4.54. The molecule has 2 rings (SSSR count). The number of benzene rings is 1. The summed E-state index contributed by atoms with van der Waals surface area (Å²) in [5.41, 5.74) is 0.696. The highest BCUT2D eigenvalue weighted by Crippen LogP contribution is 2.27. The lowest BCUT2D eigenvalue weighted by Gasteiger charge is -2.16. The van der Waals surface area contributed by atoms with Crippen molar-refractivity contribution in [1.29, 1.82) is 0 Å². The summed E-state index contributed by atoms with van der Waals surface area (Å²) in [6.07, 6.45) is 1.03. The monoisotopic (exact) mass is 268 g/mol. The lowest BCUT2D eigenvalue weighted by Crippen LogP contribution is -2.39.